The van der Waals surface area contributed by atoms with Crippen molar-refractivity contribution < 1.29 is 9.59 Å². The van der Waals surface area contributed by atoms with Crippen LogP contribution in [0.4, 0.5) is 0 Å². The summed E-state index contributed by atoms with van der Waals surface area (Å²) in [7, 11) is 0. The molecule has 2 aliphatic rings. The second kappa shape index (κ2) is 6.50. The van der Waals surface area contributed by atoms with Crippen molar-refractivity contribution in [3.8, 4) is 0 Å². The third-order valence-electron chi connectivity index (χ3n) is 5.16. The molecule has 1 aromatic carbocycles. The molecule has 1 heterocycles. The van der Waals surface area contributed by atoms with Gasteiger partial charge in [0.1, 0.15) is 5.78 Å². The lowest BCUT2D eigenvalue weighted by atomic mass is 9.81. The number of carbonyl (C=O) groups excluding carboxylic acids is 2. The number of amides is 1. The van der Waals surface area contributed by atoms with Gasteiger partial charge in [-0.05, 0) is 56.4 Å². The number of hydrogen-bond donors (Lipinski definition) is 1. The van der Waals surface area contributed by atoms with Crippen LogP contribution in [0.3, 0.4) is 0 Å². The van der Waals surface area contributed by atoms with E-state index in [0.717, 1.165) is 48.9 Å². The first kappa shape index (κ1) is 16.9. The number of nitrogens with two attached hydrogens (primary N) is 1. The predicted molar refractivity (Wildman–Crippen MR) is 95.5 cm³/mol. The van der Waals surface area contributed by atoms with Crippen molar-refractivity contribution in [3.05, 3.63) is 34.9 Å². The van der Waals surface area contributed by atoms with Crippen LogP contribution < -0.4 is 5.73 Å². The molecule has 1 aliphatic heterocycles. The number of fused-ring (bicyclic) bond motifs is 1. The minimum Gasteiger partial charge on any atom is -0.366 e. The predicted octanol–water partition coefficient (Wildman–Crippen LogP) is 3.45. The molecule has 128 valence electrons. The van der Waals surface area contributed by atoms with E-state index in [-0.39, 0.29) is 11.5 Å². The summed E-state index contributed by atoms with van der Waals surface area (Å²) >= 11 is 0. The van der Waals surface area contributed by atoms with Gasteiger partial charge in [0.15, 0.2) is 0 Å². The van der Waals surface area contributed by atoms with Crippen LogP contribution in [0.15, 0.2) is 23.2 Å². The fourth-order valence-electron chi connectivity index (χ4n) is 3.97. The van der Waals surface area contributed by atoms with Gasteiger partial charge in [-0.3, -0.25) is 14.6 Å². The van der Waals surface area contributed by atoms with Crippen LogP contribution in [0.2, 0.25) is 0 Å². The van der Waals surface area contributed by atoms with Crippen molar-refractivity contribution in [3.63, 3.8) is 0 Å². The molecule has 1 fully saturated rings. The number of carbonyl (C=O) groups is 2. The summed E-state index contributed by atoms with van der Waals surface area (Å²) < 4.78 is 0. The van der Waals surface area contributed by atoms with E-state index < -0.39 is 5.91 Å². The largest absolute Gasteiger partial charge is 0.366 e. The molecule has 0 aromatic heterocycles. The first-order valence-electron chi connectivity index (χ1n) is 8.90. The van der Waals surface area contributed by atoms with Gasteiger partial charge < -0.3 is 5.73 Å². The normalized spacial score (nSPS) is 20.2. The third-order valence-corrected chi connectivity index (χ3v) is 5.16. The minimum atomic E-state index is -0.419. The maximum atomic E-state index is 12.7. The summed E-state index contributed by atoms with van der Waals surface area (Å²) in [6, 6.07) is 5.50. The molecule has 0 saturated heterocycles. The van der Waals surface area contributed by atoms with Gasteiger partial charge in [0.2, 0.25) is 5.91 Å². The Morgan fingerprint density at radius 3 is 2.58 bits per heavy atom. The maximum absolute atomic E-state index is 12.7. The Morgan fingerprint density at radius 1 is 1.21 bits per heavy atom. The average molecular weight is 326 g/mol. The maximum Gasteiger partial charge on any atom is 0.248 e. The van der Waals surface area contributed by atoms with E-state index in [4.69, 9.17) is 10.7 Å². The summed E-state index contributed by atoms with van der Waals surface area (Å²) in [5.74, 6) is 0.0915. The molecular formula is C20H26N2O2. The second-order valence-electron chi connectivity index (χ2n) is 7.76. The first-order chi connectivity index (χ1) is 11.4. The van der Waals surface area contributed by atoms with Crippen molar-refractivity contribution in [2.45, 2.75) is 64.3 Å². The monoisotopic (exact) mass is 326 g/mol. The van der Waals surface area contributed by atoms with Gasteiger partial charge in [-0.2, -0.15) is 0 Å². The minimum absolute atomic E-state index is 0.194. The Kier molecular flexibility index (Phi) is 4.57. The molecule has 4 nitrogen and oxygen atoms in total. The number of rotatable bonds is 4. The molecule has 2 N–H and O–H groups in total. The van der Waals surface area contributed by atoms with Crippen LogP contribution in [-0.4, -0.2) is 22.9 Å². The number of Topliss-reactive ketones (excluding diaryl/α,β-unsaturated/α-hetero) is 1. The van der Waals surface area contributed by atoms with E-state index in [2.05, 4.69) is 13.8 Å². The highest BCUT2D eigenvalue weighted by Crippen LogP contribution is 2.31. The highest BCUT2D eigenvalue weighted by Gasteiger charge is 2.30. The SMILES string of the molecule is CC1(C)Cc2cc(C(N)=O)ccc2C(CC(=O)C2CCCCC2)=N1. The Labute approximate surface area is 143 Å². The Balaban J connectivity index is 1.88. The molecule has 1 saturated carbocycles. The van der Waals surface area contributed by atoms with E-state index in [9.17, 15) is 9.59 Å². The van der Waals surface area contributed by atoms with E-state index in [1.807, 2.05) is 12.1 Å². The van der Waals surface area contributed by atoms with Crippen molar-refractivity contribution in [2.24, 2.45) is 16.6 Å². The molecule has 4 heteroatoms. The average Bonchev–Trinajstić information content (AvgIpc) is 2.54. The lowest BCUT2D eigenvalue weighted by Gasteiger charge is -2.30. The first-order valence-corrected chi connectivity index (χ1v) is 8.90. The molecule has 0 unspecified atom stereocenters. The van der Waals surface area contributed by atoms with Gasteiger partial charge in [0.05, 0.1) is 11.3 Å². The van der Waals surface area contributed by atoms with Crippen LogP contribution in [0, 0.1) is 5.92 Å². The molecule has 1 aliphatic carbocycles. The standard InChI is InChI=1S/C20H26N2O2/c1-20(2)12-15-10-14(19(21)24)8-9-16(15)17(22-20)11-18(23)13-6-4-3-5-7-13/h8-10,13H,3-7,11-12H2,1-2H3,(H2,21,24). The number of primary amides is 1. The number of ketones is 1. The van der Waals surface area contributed by atoms with Crippen molar-refractivity contribution >= 4 is 17.4 Å². The third kappa shape index (κ3) is 3.58. The number of hydrogen-bond acceptors (Lipinski definition) is 3. The van der Waals surface area contributed by atoms with Gasteiger partial charge in [-0.1, -0.05) is 25.3 Å². The second-order valence-corrected chi connectivity index (χ2v) is 7.76. The number of benzene rings is 1. The number of nitrogens with zero attached hydrogens (tertiary/aromatic N) is 1. The summed E-state index contributed by atoms with van der Waals surface area (Å²) in [5, 5.41) is 0. The van der Waals surface area contributed by atoms with Gasteiger partial charge in [0.25, 0.3) is 0 Å². The smallest absolute Gasteiger partial charge is 0.248 e. The molecule has 1 aromatic rings. The summed E-state index contributed by atoms with van der Waals surface area (Å²) in [4.78, 5) is 29.0. The molecule has 24 heavy (non-hydrogen) atoms. The van der Waals surface area contributed by atoms with Crippen LogP contribution in [0.1, 0.15) is 73.9 Å². The summed E-state index contributed by atoms with van der Waals surface area (Å²) in [5.41, 5.74) is 8.60. The van der Waals surface area contributed by atoms with Crippen molar-refractivity contribution in [1.82, 2.24) is 0 Å². The van der Waals surface area contributed by atoms with Crippen LogP contribution >= 0.6 is 0 Å². The lowest BCUT2D eigenvalue weighted by Crippen LogP contribution is -2.31. The zero-order valence-electron chi connectivity index (χ0n) is 14.6. The zero-order chi connectivity index (χ0) is 17.3. The lowest BCUT2D eigenvalue weighted by molar-refractivity contribution is -0.122. The molecule has 1 amide bonds. The topological polar surface area (TPSA) is 72.5 Å². The van der Waals surface area contributed by atoms with Crippen LogP contribution in [0.25, 0.3) is 0 Å². The molecule has 0 spiro atoms. The van der Waals surface area contributed by atoms with E-state index in [0.29, 0.717) is 17.8 Å². The van der Waals surface area contributed by atoms with Crippen molar-refractivity contribution in [1.29, 1.82) is 0 Å². The van der Waals surface area contributed by atoms with Gasteiger partial charge in [-0.25, -0.2) is 0 Å². The fraction of sp³-hybridized carbons (Fsp3) is 0.550. The van der Waals surface area contributed by atoms with E-state index >= 15 is 0 Å². The summed E-state index contributed by atoms with van der Waals surface area (Å²) in [6.45, 7) is 4.13. The Morgan fingerprint density at radius 2 is 1.92 bits per heavy atom. The Hall–Kier alpha value is -1.97. The summed E-state index contributed by atoms with van der Waals surface area (Å²) in [6.07, 6.45) is 6.75. The highest BCUT2D eigenvalue weighted by molar-refractivity contribution is 6.13. The number of aliphatic imine (C=N–C) groups is 1. The molecule has 0 radical (unpaired) electrons. The zero-order valence-corrected chi connectivity index (χ0v) is 14.6. The quantitative estimate of drug-likeness (QED) is 0.920. The van der Waals surface area contributed by atoms with Crippen LogP contribution in [0.5, 0.6) is 0 Å². The fourth-order valence-corrected chi connectivity index (χ4v) is 3.97. The van der Waals surface area contributed by atoms with Crippen molar-refractivity contribution in [2.75, 3.05) is 0 Å². The Bertz CT molecular complexity index is 698. The highest BCUT2D eigenvalue weighted by atomic mass is 16.1. The van der Waals surface area contributed by atoms with Gasteiger partial charge in [-0.15, -0.1) is 0 Å². The molecule has 0 atom stereocenters. The molecule has 3 rings (SSSR count). The van der Waals surface area contributed by atoms with Crippen LogP contribution in [-0.2, 0) is 11.2 Å². The van der Waals surface area contributed by atoms with E-state index in [1.54, 1.807) is 6.07 Å². The van der Waals surface area contributed by atoms with E-state index in [1.165, 1.54) is 6.42 Å². The molecular weight excluding hydrogens is 300 g/mol. The molecule has 0 bridgehead atoms. The van der Waals surface area contributed by atoms with Gasteiger partial charge in [0, 0.05) is 17.9 Å². The van der Waals surface area contributed by atoms with Gasteiger partial charge >= 0.3 is 0 Å².